The molecule has 1 aliphatic rings. The fraction of sp³-hybridized carbons (Fsp3) is 0.533. The van der Waals surface area contributed by atoms with Crippen LogP contribution >= 0.6 is 25.3 Å². The van der Waals surface area contributed by atoms with E-state index >= 15 is 28.8 Å². The van der Waals surface area contributed by atoms with Crippen LogP contribution in [0.25, 0.3) is 10.8 Å². The minimum atomic E-state index is -1.66. The molecule has 0 bridgehead atoms. The Labute approximate surface area is 837 Å². The zero-order valence-corrected chi connectivity index (χ0v) is 81.4. The Balaban J connectivity index is 1.47. The van der Waals surface area contributed by atoms with E-state index in [0.29, 0.717) is 36.0 Å². The van der Waals surface area contributed by atoms with Gasteiger partial charge in [-0.25, -0.2) is 19.2 Å². The Morgan fingerprint density at radius 1 is 0.343 bits per heavy atom. The first-order valence-corrected chi connectivity index (χ1v) is 48.3. The molecule has 0 saturated carbocycles. The number of carbonyl (C=O) groups is 17. The number of primary amides is 3. The van der Waals surface area contributed by atoms with Crippen molar-refractivity contribution in [1.29, 1.82) is 16.2 Å². The van der Waals surface area contributed by atoms with E-state index in [1.165, 1.54) is 53.4 Å². The fourth-order valence-corrected chi connectivity index (χ4v) is 15.8. The van der Waals surface area contributed by atoms with Crippen molar-refractivity contribution in [1.82, 2.24) is 101 Å². The van der Waals surface area contributed by atoms with Gasteiger partial charge in [-0.2, -0.15) is 25.3 Å². The minimum Gasteiger partial charge on any atom is -0.508 e. The molecule has 788 valence electrons. The summed E-state index contributed by atoms with van der Waals surface area (Å²) in [6.45, 7) is 0.0982. The van der Waals surface area contributed by atoms with Crippen LogP contribution in [0.5, 0.6) is 11.5 Å². The quantitative estimate of drug-likeness (QED) is 0.00846. The third-order valence-corrected chi connectivity index (χ3v) is 23.6. The van der Waals surface area contributed by atoms with Crippen LogP contribution < -0.4 is 147 Å². The SMILES string of the molecule is N=C(N)NCCC[C@H](NC(=O)[C@H](CS)NC(=O)[C@H](CCCNC(N)=O)NC(=O)[C@H](CCCNC(N)=O)NC(=O)[C@H](Cc1ccc(O)cc1)NC(=O)[C@@H]1CCCN1C(=O)[C@@H](CCCCN)NC(=O)[C@H](CCCCN)NC(=O)[C@H](CCCNC(N)=O)NC(=O)[C@H](Cc1ccc(O)cc1)NC(=O)[C@H](CS)NC(=O)[C@H](Cc1ccc2ccccc2c1)NC(=O)[C@H](CCCNC(=N)N)NC(=O)[C@@H](N)CCCNC(=N)N)C(=O)O. The summed E-state index contributed by atoms with van der Waals surface area (Å²) in [5.41, 5.74) is 51.8. The number of nitrogens with two attached hydrogens (primary N) is 9. The standard InChI is InChI=1S/C90H141N31O20S2/c91-35-5-3-17-58(110-72(125)60(20-9-40-106-88(100)139)112-77(130)65(45-50-26-31-55(122)32-27-50)117-81(134)69(49-143)120-79(132)67(47-52-25-30-53-14-1-2-15-54(53)44-52)116-75(128)59(19-8-38-104-86(96)97)109-71(124)57(93)16-7-37-103-85(94)95)74(127)114-63(18-4-6-36-92)83(136)121-43-13-24-70(121)82(135)118-66(46-51-28-33-56(123)34-29-51)78(131)113-61(21-10-41-107-89(101)140)73(126)111-62(22-11-42-108-90(102)141)76(129)119-68(48-142)80(133)115-64(84(137)138)23-12-39-105-87(98)99/h1-2,14-15,25-34,44,57-70,122-123,142-143H,3-13,16-24,35-43,45-49,91-93H2,(H,109,124)(H,110,125)(H,111,126)(H,112,130)(H,113,131)(H,114,127)(H,115,133)(H,116,128)(H,117,134)(H,118,135)(H,119,129)(H,120,132)(H,137,138)(H4,94,95,103)(H4,96,97,104)(H4,98,99,105)(H3,100,106,139)(H3,101,107,140)(H3,102,108,141)/t57-,58-,59-,60-,61-,62-,63+,64-,65-,66-,67-,68-,69-,70-/m0/s1. The molecule has 143 heavy (non-hydrogen) atoms. The molecule has 51 nitrogen and oxygen atoms in total. The Kier molecular flexibility index (Phi) is 53.3. The molecule has 1 aliphatic heterocycles. The van der Waals surface area contributed by atoms with Gasteiger partial charge in [0.05, 0.1) is 6.04 Å². The number of nitrogens with one attached hydrogen (secondary N) is 21. The molecule has 1 saturated heterocycles. The molecular formula is C90H141N31O20S2. The highest BCUT2D eigenvalue weighted by Gasteiger charge is 2.42. The molecule has 0 spiro atoms. The Hall–Kier alpha value is -14.5. The van der Waals surface area contributed by atoms with Gasteiger partial charge < -0.3 is 168 Å². The van der Waals surface area contributed by atoms with Crippen LogP contribution in [0.4, 0.5) is 14.4 Å². The molecule has 5 rings (SSSR count). The summed E-state index contributed by atoms with van der Waals surface area (Å²) in [4.78, 5) is 241. The number of fused-ring (bicyclic) bond motifs is 1. The number of aromatic hydroxyl groups is 2. The maximum Gasteiger partial charge on any atom is 0.326 e. The summed E-state index contributed by atoms with van der Waals surface area (Å²) in [5, 5.41) is 101. The van der Waals surface area contributed by atoms with E-state index in [-0.39, 0.29) is 217 Å². The molecule has 1 heterocycles. The van der Waals surface area contributed by atoms with Crippen LogP contribution in [-0.4, -0.2) is 294 Å². The van der Waals surface area contributed by atoms with Gasteiger partial charge in [-0.3, -0.25) is 78.6 Å². The number of amides is 19. The predicted octanol–water partition coefficient (Wildman–Crippen LogP) is -6.25. The second kappa shape index (κ2) is 64.1. The van der Waals surface area contributed by atoms with Crippen molar-refractivity contribution in [2.24, 2.45) is 51.6 Å². The van der Waals surface area contributed by atoms with E-state index in [2.05, 4.69) is 121 Å². The highest BCUT2D eigenvalue weighted by molar-refractivity contribution is 7.80. The lowest BCUT2D eigenvalue weighted by Crippen LogP contribution is -2.61. The molecule has 14 atom stereocenters. The molecule has 4 aromatic carbocycles. The molecule has 53 heteroatoms. The van der Waals surface area contributed by atoms with E-state index in [4.69, 9.17) is 67.8 Å². The first-order chi connectivity index (χ1) is 68.1. The van der Waals surface area contributed by atoms with Crippen LogP contribution in [-0.2, 0) is 86.4 Å². The van der Waals surface area contributed by atoms with Crippen molar-refractivity contribution < 1.29 is 96.8 Å². The monoisotopic (exact) mass is 2040 g/mol. The van der Waals surface area contributed by atoms with E-state index < -0.39 is 197 Å². The molecule has 0 unspecified atom stereocenters. The number of hydrogen-bond donors (Lipinski definition) is 35. The number of guanidine groups is 3. The number of unbranched alkanes of at least 4 members (excludes halogenated alkanes) is 2. The van der Waals surface area contributed by atoms with Crippen LogP contribution in [0.2, 0.25) is 0 Å². The lowest BCUT2D eigenvalue weighted by atomic mass is 10.00. The molecule has 42 N–H and O–H groups in total. The number of rotatable bonds is 66. The largest absolute Gasteiger partial charge is 0.508 e. The summed E-state index contributed by atoms with van der Waals surface area (Å²) >= 11 is 8.67. The Morgan fingerprint density at radius 2 is 0.636 bits per heavy atom. The average molecular weight is 2040 g/mol. The molecule has 0 aromatic heterocycles. The topological polar surface area (TPSA) is 876 Å². The zero-order valence-electron chi connectivity index (χ0n) is 79.6. The second-order valence-electron chi connectivity index (χ2n) is 34.2. The van der Waals surface area contributed by atoms with Gasteiger partial charge in [0.2, 0.25) is 76.8 Å². The van der Waals surface area contributed by atoms with Gasteiger partial charge in [0.15, 0.2) is 17.9 Å². The molecular weight excluding hydrogens is 1900 g/mol. The lowest BCUT2D eigenvalue weighted by molar-refractivity contribution is -0.142. The lowest BCUT2D eigenvalue weighted by Gasteiger charge is -2.31. The van der Waals surface area contributed by atoms with Crippen molar-refractivity contribution in [3.05, 3.63) is 108 Å². The maximum atomic E-state index is 15.4. The number of carboxylic acids is 1. The average Bonchev–Trinajstić information content (AvgIpc) is 1.45. The number of likely N-dealkylation sites (tertiary alicyclic amines) is 1. The van der Waals surface area contributed by atoms with Gasteiger partial charge >= 0.3 is 24.1 Å². The van der Waals surface area contributed by atoms with Crippen LogP contribution in [0.1, 0.15) is 145 Å². The summed E-state index contributed by atoms with van der Waals surface area (Å²) in [6.07, 6.45) is -0.503. The molecule has 4 aromatic rings. The predicted molar refractivity (Wildman–Crippen MR) is 536 cm³/mol. The zero-order chi connectivity index (χ0) is 106. The summed E-state index contributed by atoms with van der Waals surface area (Å²) in [6, 6.07) is -0.320. The highest BCUT2D eigenvalue weighted by atomic mass is 32.1. The number of nitrogens with zero attached hydrogens (tertiary/aromatic N) is 1. The van der Waals surface area contributed by atoms with Crippen molar-refractivity contribution in [2.75, 3.05) is 70.4 Å². The number of thiol groups is 2. The summed E-state index contributed by atoms with van der Waals surface area (Å²) in [5.74, 6) is -15.9. The van der Waals surface area contributed by atoms with Gasteiger partial charge in [-0.1, -0.05) is 66.7 Å². The van der Waals surface area contributed by atoms with Gasteiger partial charge in [-0.05, 0) is 193 Å². The number of carboxylic acid groups (broad SMARTS) is 1. The number of aliphatic carboxylic acids is 1. The normalized spacial score (nSPS) is 14.8. The number of carbonyl (C=O) groups excluding carboxylic acids is 16. The van der Waals surface area contributed by atoms with Gasteiger partial charge in [-0.15, -0.1) is 0 Å². The number of phenols is 2. The van der Waals surface area contributed by atoms with Crippen LogP contribution in [0, 0.1) is 16.2 Å². The molecule has 19 amide bonds. The first-order valence-electron chi connectivity index (χ1n) is 47.1. The molecule has 0 radical (unpaired) electrons. The maximum absolute atomic E-state index is 15.4. The van der Waals surface area contributed by atoms with Gasteiger partial charge in [0.1, 0.15) is 90.0 Å². The van der Waals surface area contributed by atoms with E-state index in [9.17, 15) is 68.1 Å². The van der Waals surface area contributed by atoms with Crippen LogP contribution in [0.3, 0.4) is 0 Å². The van der Waals surface area contributed by atoms with E-state index in [1.807, 2.05) is 18.2 Å². The summed E-state index contributed by atoms with van der Waals surface area (Å²) in [7, 11) is 0. The smallest absolute Gasteiger partial charge is 0.326 e. The summed E-state index contributed by atoms with van der Waals surface area (Å²) < 4.78 is 0. The van der Waals surface area contributed by atoms with Crippen molar-refractivity contribution >= 4 is 155 Å². The minimum absolute atomic E-state index is 0.0140. The number of benzene rings is 4. The number of urea groups is 3. The second-order valence-corrected chi connectivity index (χ2v) is 34.9. The number of phenolic OH excluding ortho intramolecular Hbond substituents is 2. The first kappa shape index (κ1) is 119. The van der Waals surface area contributed by atoms with Crippen LogP contribution in [0.15, 0.2) is 91.0 Å². The molecule has 0 aliphatic carbocycles. The Bertz CT molecular complexity index is 4940. The highest BCUT2D eigenvalue weighted by Crippen LogP contribution is 2.24. The third-order valence-electron chi connectivity index (χ3n) is 22.9. The van der Waals surface area contributed by atoms with E-state index in [0.717, 1.165) is 10.8 Å². The fourth-order valence-electron chi connectivity index (χ4n) is 15.3. The Morgan fingerprint density at radius 3 is 1.01 bits per heavy atom. The van der Waals surface area contributed by atoms with Gasteiger partial charge in [0.25, 0.3) is 0 Å². The third kappa shape index (κ3) is 44.9. The van der Waals surface area contributed by atoms with Crippen molar-refractivity contribution in [3.63, 3.8) is 0 Å². The van der Waals surface area contributed by atoms with Gasteiger partial charge in [0, 0.05) is 76.6 Å². The molecule has 1 fully saturated rings. The van der Waals surface area contributed by atoms with E-state index in [1.54, 1.807) is 24.3 Å². The van der Waals surface area contributed by atoms with Crippen molar-refractivity contribution in [2.45, 2.75) is 232 Å². The van der Waals surface area contributed by atoms with Crippen molar-refractivity contribution in [3.8, 4) is 11.5 Å². The number of hydrogen-bond acceptors (Lipinski definition) is 27.